The summed E-state index contributed by atoms with van der Waals surface area (Å²) in [6.45, 7) is 9.15. The molecule has 0 spiro atoms. The van der Waals surface area contributed by atoms with Crippen LogP contribution in [0.25, 0.3) is 0 Å². The van der Waals surface area contributed by atoms with E-state index in [1.807, 2.05) is 45.1 Å². The summed E-state index contributed by atoms with van der Waals surface area (Å²) in [5.41, 5.74) is 11.0. The summed E-state index contributed by atoms with van der Waals surface area (Å²) in [5.74, 6) is 1.94. The molecule has 0 bridgehead atoms. The van der Waals surface area contributed by atoms with Gasteiger partial charge in [0.05, 0.1) is 0 Å². The molecule has 0 atom stereocenters. The van der Waals surface area contributed by atoms with Crippen molar-refractivity contribution in [2.45, 2.75) is 65.3 Å². The fraction of sp³-hybridized carbons (Fsp3) is 0.765. The molecule has 0 amide bonds. The second-order valence-corrected chi connectivity index (χ2v) is 6.07. The maximum absolute atomic E-state index is 5.76. The maximum atomic E-state index is 5.76. The molecule has 0 aromatic carbocycles. The number of allylic oxidation sites excluding steroid dienone is 2. The summed E-state index contributed by atoms with van der Waals surface area (Å²) in [6, 6.07) is 0. The van der Waals surface area contributed by atoms with Crippen LogP contribution in [0.1, 0.15) is 59.8 Å². The topological polar surface area (TPSA) is 52.0 Å². The van der Waals surface area contributed by atoms with Crippen molar-refractivity contribution in [2.24, 2.45) is 23.3 Å². The molecule has 2 heteroatoms. The van der Waals surface area contributed by atoms with E-state index in [0.717, 1.165) is 18.4 Å². The minimum Gasteiger partial charge on any atom is -0.330 e. The van der Waals surface area contributed by atoms with Crippen LogP contribution in [0.2, 0.25) is 0 Å². The molecule has 112 valence electrons. The standard InChI is InChI=1S/C9H19N.C8H15N/c1-8-2-4-9(5-3-8)6-7-10;1-4-6-8(3,9)7-5-2/h8-9H,2-7,10H2,1H3;4-7H,9H2,1-3H3/b;6-4-,7-5-. The Kier molecular flexibility index (Phi) is 9.90. The zero-order valence-corrected chi connectivity index (χ0v) is 13.4. The average molecular weight is 266 g/mol. The molecule has 0 aliphatic heterocycles. The first-order chi connectivity index (χ1) is 8.95. The number of nitrogens with two attached hydrogens (primary N) is 2. The molecule has 1 aliphatic rings. The van der Waals surface area contributed by atoms with Gasteiger partial charge in [-0.15, -0.1) is 0 Å². The quantitative estimate of drug-likeness (QED) is 0.755. The van der Waals surface area contributed by atoms with Gasteiger partial charge in [-0.3, -0.25) is 0 Å². The van der Waals surface area contributed by atoms with Crippen LogP contribution in [0, 0.1) is 11.8 Å². The number of rotatable bonds is 4. The Balaban J connectivity index is 0.000000344. The van der Waals surface area contributed by atoms with Crippen LogP contribution in [0.4, 0.5) is 0 Å². The summed E-state index contributed by atoms with van der Waals surface area (Å²) in [7, 11) is 0. The van der Waals surface area contributed by atoms with Gasteiger partial charge >= 0.3 is 0 Å². The van der Waals surface area contributed by atoms with Crippen molar-refractivity contribution in [3.63, 3.8) is 0 Å². The first-order valence-corrected chi connectivity index (χ1v) is 7.71. The van der Waals surface area contributed by atoms with Crippen LogP contribution < -0.4 is 11.5 Å². The molecule has 0 aromatic heterocycles. The van der Waals surface area contributed by atoms with E-state index in [1.165, 1.54) is 32.1 Å². The van der Waals surface area contributed by atoms with Crippen molar-refractivity contribution < 1.29 is 0 Å². The third kappa shape index (κ3) is 9.92. The van der Waals surface area contributed by atoms with Crippen molar-refractivity contribution in [1.29, 1.82) is 0 Å². The summed E-state index contributed by atoms with van der Waals surface area (Å²) >= 11 is 0. The predicted octanol–water partition coefficient (Wildman–Crippen LogP) is 4.02. The highest BCUT2D eigenvalue weighted by Gasteiger charge is 2.16. The molecule has 2 nitrogen and oxygen atoms in total. The second-order valence-electron chi connectivity index (χ2n) is 6.07. The van der Waals surface area contributed by atoms with E-state index >= 15 is 0 Å². The lowest BCUT2D eigenvalue weighted by atomic mass is 9.81. The Morgan fingerprint density at radius 2 is 1.53 bits per heavy atom. The summed E-state index contributed by atoms with van der Waals surface area (Å²) in [5, 5.41) is 0. The van der Waals surface area contributed by atoms with Gasteiger partial charge in [-0.05, 0) is 45.6 Å². The van der Waals surface area contributed by atoms with Crippen LogP contribution in [-0.4, -0.2) is 12.1 Å². The average Bonchev–Trinajstić information content (AvgIpc) is 2.33. The molecule has 1 fully saturated rings. The lowest BCUT2D eigenvalue weighted by molar-refractivity contribution is 0.280. The van der Waals surface area contributed by atoms with E-state index < -0.39 is 0 Å². The normalized spacial score (nSPS) is 24.5. The van der Waals surface area contributed by atoms with Gasteiger partial charge in [-0.25, -0.2) is 0 Å². The monoisotopic (exact) mass is 266 g/mol. The van der Waals surface area contributed by atoms with Gasteiger partial charge in [0.25, 0.3) is 0 Å². The molecule has 1 rings (SSSR count). The van der Waals surface area contributed by atoms with Crippen LogP contribution in [-0.2, 0) is 0 Å². The first-order valence-electron chi connectivity index (χ1n) is 7.71. The van der Waals surface area contributed by atoms with Crippen LogP contribution in [0.3, 0.4) is 0 Å². The van der Waals surface area contributed by atoms with Crippen LogP contribution in [0.15, 0.2) is 24.3 Å². The minimum absolute atomic E-state index is 0.260. The van der Waals surface area contributed by atoms with E-state index in [-0.39, 0.29) is 5.54 Å². The van der Waals surface area contributed by atoms with Gasteiger partial charge in [0.15, 0.2) is 0 Å². The van der Waals surface area contributed by atoms with Gasteiger partial charge < -0.3 is 11.5 Å². The van der Waals surface area contributed by atoms with E-state index in [4.69, 9.17) is 11.5 Å². The molecule has 0 radical (unpaired) electrons. The molecule has 0 unspecified atom stereocenters. The zero-order chi connectivity index (χ0) is 14.7. The van der Waals surface area contributed by atoms with Crippen molar-refractivity contribution in [3.8, 4) is 0 Å². The van der Waals surface area contributed by atoms with Gasteiger partial charge in [0.1, 0.15) is 0 Å². The molecule has 4 N–H and O–H groups in total. The Labute approximate surface area is 120 Å². The number of hydrogen-bond donors (Lipinski definition) is 2. The van der Waals surface area contributed by atoms with Crippen molar-refractivity contribution in [1.82, 2.24) is 0 Å². The van der Waals surface area contributed by atoms with Crippen LogP contribution in [0.5, 0.6) is 0 Å². The molecule has 1 saturated carbocycles. The Bertz CT molecular complexity index is 244. The third-order valence-corrected chi connectivity index (χ3v) is 3.76. The zero-order valence-electron chi connectivity index (χ0n) is 13.4. The third-order valence-electron chi connectivity index (χ3n) is 3.76. The summed E-state index contributed by atoms with van der Waals surface area (Å²) in [4.78, 5) is 0. The minimum atomic E-state index is -0.260. The molecule has 0 heterocycles. The smallest absolute Gasteiger partial charge is 0.0496 e. The predicted molar refractivity (Wildman–Crippen MR) is 87.0 cm³/mol. The molecular formula is C17H34N2. The Morgan fingerprint density at radius 3 is 1.89 bits per heavy atom. The van der Waals surface area contributed by atoms with Crippen molar-refractivity contribution >= 4 is 0 Å². The van der Waals surface area contributed by atoms with Crippen molar-refractivity contribution in [2.75, 3.05) is 6.54 Å². The Hall–Kier alpha value is -0.600. The number of hydrogen-bond acceptors (Lipinski definition) is 2. The molecule has 1 aliphatic carbocycles. The van der Waals surface area contributed by atoms with Gasteiger partial charge in [0, 0.05) is 5.54 Å². The highest BCUT2D eigenvalue weighted by molar-refractivity contribution is 5.13. The maximum Gasteiger partial charge on any atom is 0.0496 e. The SMILES string of the molecule is C/C=C\C(C)(N)/C=C\C.CC1CCC(CCN)CC1. The lowest BCUT2D eigenvalue weighted by Crippen LogP contribution is -2.30. The van der Waals surface area contributed by atoms with Gasteiger partial charge in [-0.2, -0.15) is 0 Å². The highest BCUT2D eigenvalue weighted by Crippen LogP contribution is 2.29. The summed E-state index contributed by atoms with van der Waals surface area (Å²) in [6.07, 6.45) is 14.8. The van der Waals surface area contributed by atoms with Gasteiger partial charge in [-0.1, -0.05) is 56.9 Å². The van der Waals surface area contributed by atoms with Crippen molar-refractivity contribution in [3.05, 3.63) is 24.3 Å². The van der Waals surface area contributed by atoms with E-state index in [0.29, 0.717) is 0 Å². The largest absolute Gasteiger partial charge is 0.330 e. The molecule has 0 saturated heterocycles. The second kappa shape index (κ2) is 10.2. The van der Waals surface area contributed by atoms with E-state index in [2.05, 4.69) is 6.92 Å². The highest BCUT2D eigenvalue weighted by atomic mass is 14.7. The molecule has 0 aromatic rings. The van der Waals surface area contributed by atoms with E-state index in [1.54, 1.807) is 0 Å². The van der Waals surface area contributed by atoms with Gasteiger partial charge in [0.2, 0.25) is 0 Å². The summed E-state index contributed by atoms with van der Waals surface area (Å²) < 4.78 is 0. The molecule has 19 heavy (non-hydrogen) atoms. The van der Waals surface area contributed by atoms with E-state index in [9.17, 15) is 0 Å². The fourth-order valence-electron chi connectivity index (χ4n) is 2.63. The lowest BCUT2D eigenvalue weighted by Gasteiger charge is -2.25. The fourth-order valence-corrected chi connectivity index (χ4v) is 2.63. The molecular weight excluding hydrogens is 232 g/mol. The Morgan fingerprint density at radius 1 is 1.05 bits per heavy atom. The van der Waals surface area contributed by atoms with Crippen LogP contribution >= 0.6 is 0 Å². The first kappa shape index (κ1) is 18.4.